The van der Waals surface area contributed by atoms with Crippen LogP contribution in [0.15, 0.2) is 23.1 Å². The Bertz CT molecular complexity index is 490. The van der Waals surface area contributed by atoms with Crippen LogP contribution in [0.1, 0.15) is 13.3 Å². The Morgan fingerprint density at radius 1 is 1.35 bits per heavy atom. The first-order valence-corrected chi connectivity index (χ1v) is 7.23. The maximum atomic E-state index is 11.8. The highest BCUT2D eigenvalue weighted by molar-refractivity contribution is 7.89. The summed E-state index contributed by atoms with van der Waals surface area (Å²) in [6.07, 6.45) is -0.225. The van der Waals surface area contributed by atoms with Crippen molar-refractivity contribution in [2.45, 2.75) is 24.3 Å². The molecule has 1 aromatic carbocycles. The lowest BCUT2D eigenvalue weighted by atomic mass is 10.3. The number of rotatable bonds is 5. The zero-order valence-corrected chi connectivity index (χ0v) is 11.5. The van der Waals surface area contributed by atoms with Crippen LogP contribution in [0.3, 0.4) is 0 Å². The number of benzene rings is 1. The third-order valence-electron chi connectivity index (χ3n) is 2.18. The van der Waals surface area contributed by atoms with Crippen molar-refractivity contribution >= 4 is 33.2 Å². The molecule has 0 aliphatic heterocycles. The van der Waals surface area contributed by atoms with E-state index in [4.69, 9.17) is 23.2 Å². The number of hydrogen-bond donors (Lipinski definition) is 2. The van der Waals surface area contributed by atoms with Crippen molar-refractivity contribution in [3.8, 4) is 0 Å². The molecule has 0 heterocycles. The topological polar surface area (TPSA) is 66.4 Å². The average Bonchev–Trinajstić information content (AvgIpc) is 2.29. The van der Waals surface area contributed by atoms with Crippen molar-refractivity contribution in [2.75, 3.05) is 6.54 Å². The molecule has 0 radical (unpaired) electrons. The van der Waals surface area contributed by atoms with Crippen molar-refractivity contribution in [3.63, 3.8) is 0 Å². The van der Waals surface area contributed by atoms with Crippen LogP contribution in [0, 0.1) is 0 Å². The molecule has 0 bridgehead atoms. The smallest absolute Gasteiger partial charge is 0.240 e. The lowest BCUT2D eigenvalue weighted by Crippen LogP contribution is -2.31. The first-order chi connectivity index (χ1) is 7.86. The molecule has 0 amide bonds. The average molecular weight is 298 g/mol. The number of aliphatic hydroxyl groups excluding tert-OH is 1. The quantitative estimate of drug-likeness (QED) is 0.874. The second-order valence-corrected chi connectivity index (χ2v) is 6.07. The molecule has 2 N–H and O–H groups in total. The van der Waals surface area contributed by atoms with Crippen LogP contribution < -0.4 is 4.72 Å². The molecule has 1 atom stereocenters. The minimum atomic E-state index is -3.66. The van der Waals surface area contributed by atoms with E-state index in [1.54, 1.807) is 6.92 Å². The monoisotopic (exact) mass is 297 g/mol. The Morgan fingerprint density at radius 3 is 2.53 bits per heavy atom. The van der Waals surface area contributed by atoms with Gasteiger partial charge in [0.1, 0.15) is 0 Å². The fraction of sp³-hybridized carbons (Fsp3) is 0.400. The highest BCUT2D eigenvalue weighted by atomic mass is 35.5. The summed E-state index contributed by atoms with van der Waals surface area (Å²) in [7, 11) is -3.66. The van der Waals surface area contributed by atoms with Crippen LogP contribution in [-0.2, 0) is 10.0 Å². The summed E-state index contributed by atoms with van der Waals surface area (Å²) in [5, 5.41) is 9.76. The van der Waals surface area contributed by atoms with E-state index in [9.17, 15) is 13.5 Å². The molecule has 0 aliphatic rings. The van der Waals surface area contributed by atoms with Crippen LogP contribution in [0.4, 0.5) is 0 Å². The van der Waals surface area contributed by atoms with Gasteiger partial charge in [0.2, 0.25) is 10.0 Å². The van der Waals surface area contributed by atoms with Crippen molar-refractivity contribution in [3.05, 3.63) is 28.2 Å². The predicted molar refractivity (Wildman–Crippen MR) is 67.9 cm³/mol. The Labute approximate surface area is 111 Å². The van der Waals surface area contributed by atoms with Gasteiger partial charge in [0.15, 0.2) is 0 Å². The third-order valence-corrected chi connectivity index (χ3v) is 4.34. The largest absolute Gasteiger partial charge is 0.392 e. The van der Waals surface area contributed by atoms with Gasteiger partial charge >= 0.3 is 0 Å². The molecule has 0 aliphatic carbocycles. The maximum Gasteiger partial charge on any atom is 0.240 e. The van der Waals surface area contributed by atoms with Gasteiger partial charge in [-0.2, -0.15) is 0 Å². The van der Waals surface area contributed by atoms with Crippen molar-refractivity contribution in [1.82, 2.24) is 4.72 Å². The molecule has 0 spiro atoms. The van der Waals surface area contributed by atoms with Crippen molar-refractivity contribution in [2.24, 2.45) is 0 Å². The molecule has 1 aromatic rings. The summed E-state index contributed by atoms with van der Waals surface area (Å²) in [5.74, 6) is 0. The molecule has 17 heavy (non-hydrogen) atoms. The minimum Gasteiger partial charge on any atom is -0.392 e. The fourth-order valence-corrected chi connectivity index (χ4v) is 2.54. The Morgan fingerprint density at radius 2 is 2.00 bits per heavy atom. The van der Waals surface area contributed by atoms with Crippen LogP contribution in [-0.4, -0.2) is 26.2 Å². The van der Waals surface area contributed by atoms with Crippen molar-refractivity contribution in [1.29, 1.82) is 0 Å². The second kappa shape index (κ2) is 6.02. The number of aliphatic hydroxyl groups is 1. The first kappa shape index (κ1) is 14.7. The molecule has 1 rings (SSSR count). The molecule has 7 heteroatoms. The Hall–Kier alpha value is -0.330. The Balaban J connectivity index is 2.86. The van der Waals surface area contributed by atoms with E-state index in [0.717, 1.165) is 0 Å². The zero-order chi connectivity index (χ0) is 13.1. The number of sulfonamides is 1. The zero-order valence-electron chi connectivity index (χ0n) is 9.15. The van der Waals surface area contributed by atoms with Crippen LogP contribution in [0.2, 0.25) is 10.0 Å². The number of hydrogen-bond acceptors (Lipinski definition) is 3. The van der Waals surface area contributed by atoms with Gasteiger partial charge in [0.25, 0.3) is 0 Å². The lowest BCUT2D eigenvalue weighted by molar-refractivity contribution is 0.174. The molecule has 0 fully saturated rings. The summed E-state index contributed by atoms with van der Waals surface area (Å²) in [6.45, 7) is 1.73. The van der Waals surface area contributed by atoms with Gasteiger partial charge in [-0.05, 0) is 24.6 Å². The van der Waals surface area contributed by atoms with E-state index in [2.05, 4.69) is 4.72 Å². The maximum absolute atomic E-state index is 11.8. The van der Waals surface area contributed by atoms with Gasteiger partial charge in [-0.1, -0.05) is 30.1 Å². The minimum absolute atomic E-state index is 0.0233. The molecule has 4 nitrogen and oxygen atoms in total. The van der Waals surface area contributed by atoms with Gasteiger partial charge < -0.3 is 5.11 Å². The van der Waals surface area contributed by atoms with E-state index in [1.807, 2.05) is 0 Å². The van der Waals surface area contributed by atoms with E-state index in [0.29, 0.717) is 11.4 Å². The van der Waals surface area contributed by atoms with Crippen LogP contribution in [0.25, 0.3) is 0 Å². The summed E-state index contributed by atoms with van der Waals surface area (Å²) < 4.78 is 25.9. The van der Waals surface area contributed by atoms with E-state index in [1.165, 1.54) is 18.2 Å². The molecule has 1 unspecified atom stereocenters. The predicted octanol–water partition coefficient (Wildman–Crippen LogP) is 2.04. The molecule has 96 valence electrons. The fourth-order valence-electron chi connectivity index (χ4n) is 1.08. The molecule has 0 saturated heterocycles. The van der Waals surface area contributed by atoms with Crippen LogP contribution >= 0.6 is 23.2 Å². The highest BCUT2D eigenvalue weighted by Crippen LogP contribution is 2.24. The summed E-state index contributed by atoms with van der Waals surface area (Å²) >= 11 is 11.4. The van der Waals surface area contributed by atoms with E-state index in [-0.39, 0.29) is 16.5 Å². The SMILES string of the molecule is CCC(O)CNS(=O)(=O)c1ccc(Cl)c(Cl)c1. The van der Waals surface area contributed by atoms with Crippen LogP contribution in [0.5, 0.6) is 0 Å². The summed E-state index contributed by atoms with van der Waals surface area (Å²) in [5.41, 5.74) is 0. The van der Waals surface area contributed by atoms with Gasteiger partial charge in [-0.15, -0.1) is 0 Å². The third kappa shape index (κ3) is 4.12. The van der Waals surface area contributed by atoms with Crippen molar-refractivity contribution < 1.29 is 13.5 Å². The van der Waals surface area contributed by atoms with Gasteiger partial charge in [-0.25, -0.2) is 13.1 Å². The summed E-state index contributed by atoms with van der Waals surface area (Å²) in [4.78, 5) is 0.0233. The van der Waals surface area contributed by atoms with E-state index < -0.39 is 16.1 Å². The van der Waals surface area contributed by atoms with E-state index >= 15 is 0 Å². The standard InChI is InChI=1S/C10H13Cl2NO3S/c1-2-7(14)6-13-17(15,16)8-3-4-9(11)10(12)5-8/h3-5,7,13-14H,2,6H2,1H3. The number of halogens is 2. The second-order valence-electron chi connectivity index (χ2n) is 3.49. The lowest BCUT2D eigenvalue weighted by Gasteiger charge is -2.10. The number of nitrogens with one attached hydrogen (secondary N) is 1. The molecular weight excluding hydrogens is 285 g/mol. The van der Waals surface area contributed by atoms with Gasteiger partial charge in [0.05, 0.1) is 21.0 Å². The molecular formula is C10H13Cl2NO3S. The Kier molecular flexibility index (Phi) is 5.22. The summed E-state index contributed by atoms with van der Waals surface area (Å²) in [6, 6.07) is 4.04. The molecule has 0 aromatic heterocycles. The highest BCUT2D eigenvalue weighted by Gasteiger charge is 2.16. The van der Waals surface area contributed by atoms with Gasteiger partial charge in [0, 0.05) is 6.54 Å². The van der Waals surface area contributed by atoms with Gasteiger partial charge in [-0.3, -0.25) is 0 Å². The normalized spacial score (nSPS) is 13.6. The molecule has 0 saturated carbocycles. The first-order valence-electron chi connectivity index (χ1n) is 4.99.